The number of benzene rings is 2. The summed E-state index contributed by atoms with van der Waals surface area (Å²) in [6, 6.07) is -1.82. The number of aliphatic hydroxyl groups is 4. The number of ether oxygens (including phenoxy) is 3. The predicted octanol–water partition coefficient (Wildman–Crippen LogP) is 2.81. The molecule has 0 radical (unpaired) electrons. The molecule has 5 rings (SSSR count). The number of Topliss-reactive ketones (excluding diaryl/α,β-unsaturated/α-hetero) is 2. The average Bonchev–Trinajstić information content (AvgIpc) is 3.25. The molecule has 2 heterocycles. The van der Waals surface area contributed by atoms with Crippen LogP contribution in [0.15, 0.2) is 48.5 Å². The number of carbonyl (C=O) groups excluding carboxylic acids is 4. The van der Waals surface area contributed by atoms with Crippen molar-refractivity contribution in [2.24, 2.45) is 0 Å². The van der Waals surface area contributed by atoms with E-state index in [0.717, 1.165) is 68.9 Å². The number of hydrogen-bond donors (Lipinski definition) is 10. The number of aliphatic hydroxyl groups excluding tert-OH is 4. The summed E-state index contributed by atoms with van der Waals surface area (Å²) in [5.41, 5.74) is -2.76. The van der Waals surface area contributed by atoms with Crippen molar-refractivity contribution in [2.45, 2.75) is 131 Å². The Hall–Kier alpha value is -4.46. The van der Waals surface area contributed by atoms with Crippen molar-refractivity contribution < 1.29 is 80.2 Å². The van der Waals surface area contributed by atoms with Crippen molar-refractivity contribution in [1.29, 1.82) is 0 Å². The maximum absolute atomic E-state index is 13.5. The summed E-state index contributed by atoms with van der Waals surface area (Å²) >= 11 is 0. The highest BCUT2D eigenvalue weighted by atomic mass is 19.4. The molecule has 11 atom stereocenters. The Bertz CT molecular complexity index is 1900. The Morgan fingerprint density at radius 2 is 1.28 bits per heavy atom. The van der Waals surface area contributed by atoms with Crippen LogP contribution in [0.4, 0.5) is 47.3 Å². The topological polar surface area (TPSA) is 249 Å². The first-order chi connectivity index (χ1) is 30.4. The number of anilines is 2. The zero-order valence-electron chi connectivity index (χ0n) is 34.7. The monoisotopic (exact) mass is 920 g/mol. The van der Waals surface area contributed by atoms with Gasteiger partial charge in [-0.1, -0.05) is 57.6 Å². The van der Waals surface area contributed by atoms with E-state index >= 15 is 0 Å². The fraction of sp³-hybridized carbons (Fsp3) is 0.610. The van der Waals surface area contributed by atoms with Gasteiger partial charge in [-0.05, 0) is 49.4 Å². The number of nitrogens with one attached hydrogen (secondary N) is 6. The van der Waals surface area contributed by atoms with Crippen LogP contribution in [0.25, 0.3) is 0 Å². The molecule has 3 aliphatic rings. The number of urea groups is 2. The zero-order chi connectivity index (χ0) is 46.8. The molecule has 2 aliphatic heterocycles. The summed E-state index contributed by atoms with van der Waals surface area (Å²) < 4.78 is 98.5. The van der Waals surface area contributed by atoms with E-state index in [9.17, 15) is 65.9 Å². The first-order valence-electron chi connectivity index (χ1n) is 20.9. The molecule has 10 N–H and O–H groups in total. The number of hydrogen-bond acceptors (Lipinski definition) is 13. The first-order valence-corrected chi connectivity index (χ1v) is 20.9. The van der Waals surface area contributed by atoms with Crippen LogP contribution in [0.1, 0.15) is 63.0 Å². The van der Waals surface area contributed by atoms with E-state index in [1.54, 1.807) is 0 Å². The number of halogens is 6. The van der Waals surface area contributed by atoms with Gasteiger partial charge in [-0.3, -0.25) is 14.9 Å². The summed E-state index contributed by atoms with van der Waals surface area (Å²) in [6.07, 6.45) is -12.8. The van der Waals surface area contributed by atoms with Crippen molar-refractivity contribution in [1.82, 2.24) is 21.3 Å². The van der Waals surface area contributed by atoms with Gasteiger partial charge in [0.25, 0.3) is 0 Å². The van der Waals surface area contributed by atoms with E-state index in [-0.39, 0.29) is 11.4 Å². The number of amides is 4. The van der Waals surface area contributed by atoms with E-state index in [4.69, 9.17) is 14.2 Å². The molecule has 1 saturated carbocycles. The Morgan fingerprint density at radius 1 is 0.734 bits per heavy atom. The summed E-state index contributed by atoms with van der Waals surface area (Å²) in [7, 11) is 0. The van der Waals surface area contributed by atoms with Crippen LogP contribution in [-0.2, 0) is 36.2 Å². The minimum Gasteiger partial charge on any atom is -0.394 e. The van der Waals surface area contributed by atoms with E-state index < -0.39 is 134 Å². The van der Waals surface area contributed by atoms with Crippen LogP contribution in [0, 0.1) is 0 Å². The second-order valence-corrected chi connectivity index (χ2v) is 15.8. The van der Waals surface area contributed by atoms with Gasteiger partial charge >= 0.3 is 24.4 Å². The summed E-state index contributed by atoms with van der Waals surface area (Å²) in [5, 5.41) is 57.9. The molecule has 3 fully saturated rings. The van der Waals surface area contributed by atoms with Crippen LogP contribution in [0.3, 0.4) is 0 Å². The van der Waals surface area contributed by atoms with Crippen LogP contribution in [-0.4, -0.2) is 137 Å². The second-order valence-electron chi connectivity index (χ2n) is 15.8. The number of alkyl halides is 6. The fourth-order valence-electron chi connectivity index (χ4n) is 7.71. The van der Waals surface area contributed by atoms with Crippen LogP contribution in [0.5, 0.6) is 0 Å². The second kappa shape index (κ2) is 22.6. The summed E-state index contributed by atoms with van der Waals surface area (Å²) in [5.74, 6) is -1.58. The van der Waals surface area contributed by atoms with Crippen molar-refractivity contribution in [3.63, 3.8) is 0 Å². The maximum Gasteiger partial charge on any atom is 0.416 e. The van der Waals surface area contributed by atoms with Crippen LogP contribution in [0.2, 0.25) is 0 Å². The van der Waals surface area contributed by atoms with Crippen molar-refractivity contribution in [3.8, 4) is 0 Å². The average molecular weight is 921 g/mol. The maximum atomic E-state index is 13.5. The van der Waals surface area contributed by atoms with Crippen LogP contribution < -0.4 is 31.9 Å². The highest BCUT2D eigenvalue weighted by molar-refractivity contribution is 6.49. The van der Waals surface area contributed by atoms with E-state index in [1.807, 2.05) is 0 Å². The molecular formula is C41H54F6N6O11. The highest BCUT2D eigenvalue weighted by Crippen LogP contribution is 2.33. The number of ketones is 2. The van der Waals surface area contributed by atoms with Gasteiger partial charge in [-0.15, -0.1) is 0 Å². The van der Waals surface area contributed by atoms with E-state index in [1.165, 1.54) is 6.07 Å². The summed E-state index contributed by atoms with van der Waals surface area (Å²) in [4.78, 5) is 52.6. The fourth-order valence-corrected chi connectivity index (χ4v) is 7.71. The third-order valence-corrected chi connectivity index (χ3v) is 11.2. The minimum atomic E-state index is -4.76. The third kappa shape index (κ3) is 13.1. The molecule has 17 nitrogen and oxygen atoms in total. The zero-order valence-corrected chi connectivity index (χ0v) is 34.7. The number of carbonyl (C=O) groups is 4. The molecule has 2 aromatic rings. The lowest BCUT2D eigenvalue weighted by Gasteiger charge is -2.49. The predicted molar refractivity (Wildman–Crippen MR) is 215 cm³/mol. The summed E-state index contributed by atoms with van der Waals surface area (Å²) in [6.45, 7) is 0.337. The Labute approximate surface area is 364 Å². The standard InChI is InChI=1S/C41H54F6N6O11/c1-2-3-4-5-6-7-8-15-48-29-30(34(58)33(29)57)52-28-26(18-54)62-20-25(51-38(60)49-23-13-9-11-21(16-23)40(42,43)44)36(28)64-37-31(35(59)32(56)27(19-55)63-37)53-39(61)50-24-14-10-12-22(17-24)41(45,46)47/h9-14,16-17,25-32,35-37,48,52,54-56,59H,2-8,15,18-20H2,1H3,(H2,49,51,60)(H2,50,53,61)/t25-,26+,27+,28-,29?,30?,31+,32+,35+,36+,37-/m0/s1. The quantitative estimate of drug-likeness (QED) is 0.0554. The van der Waals surface area contributed by atoms with Gasteiger partial charge in [-0.2, -0.15) is 26.3 Å². The molecular weight excluding hydrogens is 866 g/mol. The van der Waals surface area contributed by atoms with E-state index in [0.29, 0.717) is 25.1 Å². The SMILES string of the molecule is CCCCCCCCCNC1C(=O)C(=O)C1N[C@@H]1[C@H](O[C@@H]2O[C@H](CO)[C@@H](O)[C@H](O)[C@H]2NC(=O)Nc2cccc(C(F)(F)F)c2)[C@@H](NC(=O)Nc2cccc(C(F)(F)F)c2)CO[C@@H]1CO. The number of rotatable bonds is 19. The minimum absolute atomic E-state index is 0.271. The van der Waals surface area contributed by atoms with Gasteiger partial charge in [0.1, 0.15) is 30.5 Å². The molecule has 356 valence electrons. The van der Waals surface area contributed by atoms with Gasteiger partial charge in [0.05, 0.1) is 61.2 Å². The Balaban J connectivity index is 1.42. The van der Waals surface area contributed by atoms with Gasteiger partial charge in [0, 0.05) is 11.4 Å². The van der Waals surface area contributed by atoms with Crippen molar-refractivity contribution in [3.05, 3.63) is 59.7 Å². The van der Waals surface area contributed by atoms with Gasteiger partial charge in [0.15, 0.2) is 6.29 Å². The van der Waals surface area contributed by atoms with Gasteiger partial charge < -0.3 is 61.2 Å². The Morgan fingerprint density at radius 3 is 1.84 bits per heavy atom. The van der Waals surface area contributed by atoms with Gasteiger partial charge in [-0.25, -0.2) is 9.59 Å². The molecule has 0 spiro atoms. The molecule has 2 unspecified atom stereocenters. The van der Waals surface area contributed by atoms with Gasteiger partial charge in [0.2, 0.25) is 11.6 Å². The normalized spacial score (nSPS) is 28.6. The first kappa shape index (κ1) is 50.5. The highest BCUT2D eigenvalue weighted by Gasteiger charge is 2.54. The lowest BCUT2D eigenvalue weighted by atomic mass is 9.81. The van der Waals surface area contributed by atoms with Crippen molar-refractivity contribution >= 4 is 35.0 Å². The lowest BCUT2D eigenvalue weighted by molar-refractivity contribution is -0.294. The lowest BCUT2D eigenvalue weighted by Crippen LogP contribution is -2.76. The molecule has 0 bridgehead atoms. The molecule has 1 aliphatic carbocycles. The molecule has 2 saturated heterocycles. The van der Waals surface area contributed by atoms with E-state index in [2.05, 4.69) is 38.8 Å². The molecule has 4 amide bonds. The third-order valence-electron chi connectivity index (χ3n) is 11.2. The molecule has 64 heavy (non-hydrogen) atoms. The largest absolute Gasteiger partial charge is 0.416 e. The molecule has 2 aromatic carbocycles. The smallest absolute Gasteiger partial charge is 0.394 e. The molecule has 23 heteroatoms. The van der Waals surface area contributed by atoms with Crippen LogP contribution >= 0.6 is 0 Å². The molecule has 0 aromatic heterocycles. The number of unbranched alkanes of at least 4 members (excludes halogenated alkanes) is 6. The Kier molecular flexibility index (Phi) is 17.9. The van der Waals surface area contributed by atoms with Crippen molar-refractivity contribution in [2.75, 3.05) is 37.0 Å².